The fourth-order valence-electron chi connectivity index (χ4n) is 4.51. The quantitative estimate of drug-likeness (QED) is 0.332. The molecule has 5 rings (SSSR count). The van der Waals surface area contributed by atoms with Crippen LogP contribution in [0.1, 0.15) is 30.0 Å². The molecule has 0 saturated carbocycles. The van der Waals surface area contributed by atoms with Crippen molar-refractivity contribution in [3.05, 3.63) is 98.4 Å². The number of benzene rings is 2. The molecule has 2 N–H and O–H groups in total. The first-order chi connectivity index (χ1) is 18.2. The van der Waals surface area contributed by atoms with E-state index in [1.165, 1.54) is 0 Å². The van der Waals surface area contributed by atoms with Gasteiger partial charge in [0.05, 0.1) is 23.7 Å². The second-order valence-electron chi connectivity index (χ2n) is 8.68. The maximum atomic E-state index is 14.7. The maximum absolute atomic E-state index is 14.7. The second kappa shape index (κ2) is 10.4. The van der Waals surface area contributed by atoms with Crippen LogP contribution < -0.4 is 5.56 Å². The van der Waals surface area contributed by atoms with Crippen molar-refractivity contribution in [3.8, 4) is 11.1 Å². The van der Waals surface area contributed by atoms with E-state index in [4.69, 9.17) is 28.3 Å². The van der Waals surface area contributed by atoms with Crippen LogP contribution in [0.2, 0.25) is 10.0 Å². The third-order valence-electron chi connectivity index (χ3n) is 6.22. The Hall–Kier alpha value is -4.08. The molecule has 3 heterocycles. The van der Waals surface area contributed by atoms with Crippen LogP contribution in [0.3, 0.4) is 0 Å². The van der Waals surface area contributed by atoms with Crippen LogP contribution in [0.4, 0.5) is 4.39 Å². The van der Waals surface area contributed by atoms with Gasteiger partial charge in [0.2, 0.25) is 0 Å². The summed E-state index contributed by atoms with van der Waals surface area (Å²) in [5, 5.41) is 15.9. The normalized spacial score (nSPS) is 15.9. The SMILES string of the molecule is O=C(O)CC(F)C(=O)N1N=C(c2c(-c3ccc(Cl)cc3)c3cccnc3[nH]c2=O)C[C@@H]1c1ccc(Cl)cc1. The Bertz CT molecular complexity index is 1640. The number of fused-ring (bicyclic) bond motifs is 1. The lowest BCUT2D eigenvalue weighted by molar-refractivity contribution is -0.146. The first-order valence-electron chi connectivity index (χ1n) is 11.5. The number of amides is 1. The summed E-state index contributed by atoms with van der Waals surface area (Å²) in [7, 11) is 0. The molecule has 0 fully saturated rings. The number of pyridine rings is 2. The number of H-pyrrole nitrogens is 1. The Kier molecular flexibility index (Phi) is 6.96. The number of nitrogens with zero attached hydrogens (tertiary/aromatic N) is 3. The zero-order valence-electron chi connectivity index (χ0n) is 19.6. The zero-order valence-corrected chi connectivity index (χ0v) is 21.1. The summed E-state index contributed by atoms with van der Waals surface area (Å²) in [6.45, 7) is 0. The van der Waals surface area contributed by atoms with Gasteiger partial charge in [0.1, 0.15) is 5.65 Å². The van der Waals surface area contributed by atoms with E-state index in [2.05, 4.69) is 15.1 Å². The number of nitrogens with one attached hydrogen (secondary N) is 1. The van der Waals surface area contributed by atoms with E-state index in [1.54, 1.807) is 66.9 Å². The number of carbonyl (C=O) groups is 2. The highest BCUT2D eigenvalue weighted by Gasteiger charge is 2.39. The van der Waals surface area contributed by atoms with Gasteiger partial charge in [0.25, 0.3) is 11.5 Å². The Morgan fingerprint density at radius 1 is 1.05 bits per heavy atom. The summed E-state index contributed by atoms with van der Waals surface area (Å²) in [5.41, 5.74) is 2.07. The molecule has 2 aromatic carbocycles. The van der Waals surface area contributed by atoms with Gasteiger partial charge in [-0.3, -0.25) is 14.4 Å². The molecule has 0 aliphatic carbocycles. The molecule has 2 atom stereocenters. The van der Waals surface area contributed by atoms with E-state index in [9.17, 15) is 18.8 Å². The van der Waals surface area contributed by atoms with E-state index in [-0.39, 0.29) is 17.7 Å². The lowest BCUT2D eigenvalue weighted by atomic mass is 9.91. The molecular weight excluding hydrogens is 534 g/mol. The van der Waals surface area contributed by atoms with Gasteiger partial charge in [-0.15, -0.1) is 0 Å². The average Bonchev–Trinajstić information content (AvgIpc) is 3.33. The van der Waals surface area contributed by atoms with E-state index in [0.29, 0.717) is 37.8 Å². The third kappa shape index (κ3) is 4.90. The number of hydrogen-bond donors (Lipinski definition) is 2. The van der Waals surface area contributed by atoms with Gasteiger partial charge >= 0.3 is 5.97 Å². The van der Waals surface area contributed by atoms with Crippen LogP contribution in [-0.2, 0) is 9.59 Å². The summed E-state index contributed by atoms with van der Waals surface area (Å²) in [6.07, 6.45) is -1.70. The number of halogens is 3. The lowest BCUT2D eigenvalue weighted by Gasteiger charge is -2.23. The van der Waals surface area contributed by atoms with Gasteiger partial charge < -0.3 is 10.1 Å². The van der Waals surface area contributed by atoms with Crippen molar-refractivity contribution >= 4 is 51.8 Å². The van der Waals surface area contributed by atoms with E-state index < -0.39 is 36.1 Å². The summed E-state index contributed by atoms with van der Waals surface area (Å²) >= 11 is 12.1. The standard InChI is InChI=1S/C27H19Cl2FN4O4/c28-16-7-3-14(4-8-16)21-13-20(33-34(21)27(38)19(30)12-22(35)36)24-23(15-5-9-17(29)10-6-15)18-2-1-11-31-25(18)32-26(24)37/h1-11,19,21H,12-13H2,(H,35,36)(H,31,32,37)/t19?,21-/m1/s1. The molecule has 1 aliphatic rings. The van der Waals surface area contributed by atoms with Crippen LogP contribution in [0.25, 0.3) is 22.2 Å². The third-order valence-corrected chi connectivity index (χ3v) is 6.72. The van der Waals surface area contributed by atoms with Gasteiger partial charge in [-0.2, -0.15) is 5.10 Å². The number of hydrazone groups is 1. The minimum absolute atomic E-state index is 0.0720. The molecule has 1 aliphatic heterocycles. The number of carboxylic acids is 1. The first-order valence-corrected chi connectivity index (χ1v) is 12.3. The molecule has 1 unspecified atom stereocenters. The predicted octanol–water partition coefficient (Wildman–Crippen LogP) is 5.39. The molecule has 192 valence electrons. The number of alkyl halides is 1. The summed E-state index contributed by atoms with van der Waals surface area (Å²) < 4.78 is 14.7. The molecule has 0 spiro atoms. The van der Waals surface area contributed by atoms with Gasteiger partial charge in [-0.1, -0.05) is 47.5 Å². The number of aliphatic carboxylic acids is 1. The van der Waals surface area contributed by atoms with Crippen molar-refractivity contribution in [1.82, 2.24) is 15.0 Å². The Morgan fingerprint density at radius 3 is 2.37 bits per heavy atom. The zero-order chi connectivity index (χ0) is 27.0. The van der Waals surface area contributed by atoms with Crippen LogP contribution >= 0.6 is 23.2 Å². The Labute approximate surface area is 225 Å². The molecule has 8 nitrogen and oxygen atoms in total. The highest BCUT2D eigenvalue weighted by Crippen LogP contribution is 2.37. The van der Waals surface area contributed by atoms with Gasteiger partial charge in [0.15, 0.2) is 6.17 Å². The summed E-state index contributed by atoms with van der Waals surface area (Å²) in [5.74, 6) is -2.57. The highest BCUT2D eigenvalue weighted by atomic mass is 35.5. The largest absolute Gasteiger partial charge is 0.481 e. The number of aromatic amines is 1. The fraction of sp³-hybridized carbons (Fsp3) is 0.148. The molecule has 2 aromatic heterocycles. The fourth-order valence-corrected chi connectivity index (χ4v) is 4.76. The van der Waals surface area contributed by atoms with Crippen molar-refractivity contribution < 1.29 is 19.1 Å². The molecule has 0 saturated heterocycles. The minimum Gasteiger partial charge on any atom is -0.481 e. The monoisotopic (exact) mass is 552 g/mol. The smallest absolute Gasteiger partial charge is 0.306 e. The first kappa shape index (κ1) is 25.6. The molecule has 11 heteroatoms. The molecule has 0 radical (unpaired) electrons. The van der Waals surface area contributed by atoms with E-state index >= 15 is 0 Å². The number of hydrogen-bond acceptors (Lipinski definition) is 5. The number of carbonyl (C=O) groups excluding carboxylic acids is 1. The summed E-state index contributed by atoms with van der Waals surface area (Å²) in [6, 6.07) is 16.2. The topological polar surface area (TPSA) is 116 Å². The average molecular weight is 553 g/mol. The van der Waals surface area contributed by atoms with Gasteiger partial charge in [-0.25, -0.2) is 14.4 Å². The van der Waals surface area contributed by atoms with Crippen molar-refractivity contribution in [3.63, 3.8) is 0 Å². The number of carboxylic acid groups (broad SMARTS) is 1. The highest BCUT2D eigenvalue weighted by molar-refractivity contribution is 6.31. The Morgan fingerprint density at radius 2 is 1.71 bits per heavy atom. The maximum Gasteiger partial charge on any atom is 0.306 e. The van der Waals surface area contributed by atoms with Crippen molar-refractivity contribution in [2.45, 2.75) is 25.1 Å². The molecule has 1 amide bonds. The molecule has 4 aromatic rings. The van der Waals surface area contributed by atoms with E-state index in [0.717, 1.165) is 5.01 Å². The molecule has 0 bridgehead atoms. The minimum atomic E-state index is -2.32. The van der Waals surface area contributed by atoms with Gasteiger partial charge in [-0.05, 0) is 47.5 Å². The van der Waals surface area contributed by atoms with Crippen LogP contribution in [0.15, 0.2) is 76.8 Å². The van der Waals surface area contributed by atoms with Crippen LogP contribution in [0.5, 0.6) is 0 Å². The number of aromatic nitrogens is 2. The van der Waals surface area contributed by atoms with Crippen LogP contribution in [0, 0.1) is 0 Å². The number of rotatable bonds is 6. The van der Waals surface area contributed by atoms with E-state index in [1.807, 2.05) is 0 Å². The van der Waals surface area contributed by atoms with Gasteiger partial charge in [0, 0.05) is 33.6 Å². The molecule has 38 heavy (non-hydrogen) atoms. The van der Waals surface area contributed by atoms with Crippen LogP contribution in [-0.4, -0.2) is 43.8 Å². The Balaban J connectivity index is 1.70. The van der Waals surface area contributed by atoms with Crippen molar-refractivity contribution in [2.75, 3.05) is 0 Å². The lowest BCUT2D eigenvalue weighted by Crippen LogP contribution is -2.35. The van der Waals surface area contributed by atoms with Crippen molar-refractivity contribution in [1.29, 1.82) is 0 Å². The predicted molar refractivity (Wildman–Crippen MR) is 142 cm³/mol. The second-order valence-corrected chi connectivity index (χ2v) is 9.55. The van der Waals surface area contributed by atoms with Crippen molar-refractivity contribution in [2.24, 2.45) is 5.10 Å². The molecular formula is C27H19Cl2FN4O4. The summed E-state index contributed by atoms with van der Waals surface area (Å²) in [4.78, 5) is 44.6.